The van der Waals surface area contributed by atoms with Gasteiger partial charge in [-0.25, -0.2) is 0 Å². The normalized spacial score (nSPS) is 10.5. The van der Waals surface area contributed by atoms with Crippen LogP contribution in [0.1, 0.15) is 0 Å². The molecule has 3 rings (SSSR count). The number of benzene rings is 1. The lowest BCUT2D eigenvalue weighted by Crippen LogP contribution is -2.08. The van der Waals surface area contributed by atoms with Crippen molar-refractivity contribution in [2.24, 2.45) is 0 Å². The van der Waals surface area contributed by atoms with E-state index in [9.17, 15) is 0 Å². The highest BCUT2D eigenvalue weighted by molar-refractivity contribution is 7.09. The third-order valence-electron chi connectivity index (χ3n) is 2.22. The molecular weight excluding hydrogens is 270 g/mol. The van der Waals surface area contributed by atoms with Crippen molar-refractivity contribution in [2.75, 3.05) is 5.43 Å². The van der Waals surface area contributed by atoms with E-state index in [-0.39, 0.29) is 0 Å². The summed E-state index contributed by atoms with van der Waals surface area (Å²) in [5.74, 6) is 0.650. The molecule has 0 spiro atoms. The third-order valence-corrected chi connectivity index (χ3v) is 3.08. The van der Waals surface area contributed by atoms with Crippen molar-refractivity contribution >= 4 is 28.3 Å². The summed E-state index contributed by atoms with van der Waals surface area (Å²) in [6, 6.07) is 9.28. The van der Waals surface area contributed by atoms with Gasteiger partial charge in [-0.15, -0.1) is 0 Å². The van der Waals surface area contributed by atoms with Crippen molar-refractivity contribution in [3.05, 3.63) is 47.7 Å². The Hall–Kier alpha value is -1.92. The van der Waals surface area contributed by atoms with Crippen molar-refractivity contribution in [1.82, 2.24) is 19.2 Å². The summed E-state index contributed by atoms with van der Waals surface area (Å²) in [7, 11) is 0. The van der Waals surface area contributed by atoms with Crippen LogP contribution in [0.2, 0.25) is 5.02 Å². The van der Waals surface area contributed by atoms with E-state index in [0.717, 1.165) is 5.56 Å². The van der Waals surface area contributed by atoms with Gasteiger partial charge in [-0.05, 0) is 18.2 Å². The van der Waals surface area contributed by atoms with Gasteiger partial charge in [0.25, 0.3) is 0 Å². The van der Waals surface area contributed by atoms with Crippen LogP contribution in [0, 0.1) is 0 Å². The molecule has 2 aromatic heterocycles. The standard InChI is InChI=1S/C11H8ClN5S/c12-9-4-1-3-8(7-9)10-14-11(18-16-10)15-17-6-2-5-13-17/h1-7H,(H,14,15,16). The number of anilines is 1. The summed E-state index contributed by atoms with van der Waals surface area (Å²) in [6.07, 6.45) is 3.48. The Balaban J connectivity index is 1.85. The Bertz CT molecular complexity index is 649. The molecule has 7 heteroatoms. The average Bonchev–Trinajstić information content (AvgIpc) is 3.01. The van der Waals surface area contributed by atoms with E-state index in [0.29, 0.717) is 16.0 Å². The number of rotatable bonds is 3. The second kappa shape index (κ2) is 4.75. The summed E-state index contributed by atoms with van der Waals surface area (Å²) in [5.41, 5.74) is 3.90. The van der Waals surface area contributed by atoms with E-state index in [2.05, 4.69) is 19.9 Å². The van der Waals surface area contributed by atoms with Gasteiger partial charge in [0.05, 0.1) is 6.20 Å². The maximum Gasteiger partial charge on any atom is 0.223 e. The molecule has 2 heterocycles. The number of aromatic nitrogens is 4. The van der Waals surface area contributed by atoms with Gasteiger partial charge in [0.2, 0.25) is 5.13 Å². The van der Waals surface area contributed by atoms with Crippen LogP contribution in [-0.2, 0) is 0 Å². The molecule has 5 nitrogen and oxygen atoms in total. The smallest absolute Gasteiger partial charge is 0.223 e. The van der Waals surface area contributed by atoms with Crippen molar-refractivity contribution in [1.29, 1.82) is 0 Å². The lowest BCUT2D eigenvalue weighted by molar-refractivity contribution is 0.801. The predicted molar refractivity (Wildman–Crippen MR) is 71.6 cm³/mol. The highest BCUT2D eigenvalue weighted by Crippen LogP contribution is 2.23. The molecule has 0 amide bonds. The molecule has 90 valence electrons. The Morgan fingerprint density at radius 3 is 3.00 bits per heavy atom. The first-order chi connectivity index (χ1) is 8.81. The highest BCUT2D eigenvalue weighted by atomic mass is 35.5. The topological polar surface area (TPSA) is 55.6 Å². The van der Waals surface area contributed by atoms with Crippen LogP contribution >= 0.6 is 23.1 Å². The number of hydrogen-bond donors (Lipinski definition) is 1. The number of halogens is 1. The molecule has 0 fully saturated rings. The van der Waals surface area contributed by atoms with Gasteiger partial charge in [0, 0.05) is 28.3 Å². The average molecular weight is 278 g/mol. The van der Waals surface area contributed by atoms with Gasteiger partial charge in [-0.1, -0.05) is 23.7 Å². The monoisotopic (exact) mass is 277 g/mol. The minimum absolute atomic E-state index is 0.650. The van der Waals surface area contributed by atoms with Crippen LogP contribution in [0.4, 0.5) is 5.13 Å². The quantitative estimate of drug-likeness (QED) is 0.800. The van der Waals surface area contributed by atoms with Gasteiger partial charge in [0.15, 0.2) is 5.82 Å². The van der Waals surface area contributed by atoms with Crippen LogP contribution in [0.5, 0.6) is 0 Å². The van der Waals surface area contributed by atoms with Crippen molar-refractivity contribution in [2.45, 2.75) is 0 Å². The van der Waals surface area contributed by atoms with Gasteiger partial charge >= 0.3 is 0 Å². The van der Waals surface area contributed by atoms with Crippen LogP contribution in [0.15, 0.2) is 42.7 Å². The fourth-order valence-electron chi connectivity index (χ4n) is 1.45. The first kappa shape index (κ1) is 11.2. The summed E-state index contributed by atoms with van der Waals surface area (Å²) >= 11 is 7.21. The number of hydrogen-bond acceptors (Lipinski definition) is 5. The fraction of sp³-hybridized carbons (Fsp3) is 0. The van der Waals surface area contributed by atoms with E-state index < -0.39 is 0 Å². The second-order valence-corrected chi connectivity index (χ2v) is 4.68. The second-order valence-electron chi connectivity index (χ2n) is 3.50. The zero-order valence-corrected chi connectivity index (χ0v) is 10.7. The van der Waals surface area contributed by atoms with Crippen molar-refractivity contribution in [3.8, 4) is 11.4 Å². The summed E-state index contributed by atoms with van der Waals surface area (Å²) in [5, 5.41) is 5.38. The van der Waals surface area contributed by atoms with E-state index in [1.807, 2.05) is 30.3 Å². The molecule has 0 bridgehead atoms. The Morgan fingerprint density at radius 1 is 1.28 bits per heavy atom. The van der Waals surface area contributed by atoms with Crippen LogP contribution in [0.3, 0.4) is 0 Å². The molecule has 3 aromatic rings. The van der Waals surface area contributed by atoms with Gasteiger partial charge in [-0.2, -0.15) is 19.2 Å². The lowest BCUT2D eigenvalue weighted by Gasteiger charge is -1.99. The molecule has 0 saturated carbocycles. The molecular formula is C11H8ClN5S. The first-order valence-electron chi connectivity index (χ1n) is 5.17. The molecule has 0 radical (unpaired) electrons. The van der Waals surface area contributed by atoms with Crippen LogP contribution in [-0.4, -0.2) is 19.2 Å². The molecule has 0 aliphatic rings. The van der Waals surface area contributed by atoms with Crippen LogP contribution < -0.4 is 5.43 Å². The maximum absolute atomic E-state index is 5.93. The summed E-state index contributed by atoms with van der Waals surface area (Å²) in [4.78, 5) is 5.94. The van der Waals surface area contributed by atoms with E-state index in [4.69, 9.17) is 11.6 Å². The largest absolute Gasteiger partial charge is 0.251 e. The number of nitrogens with zero attached hydrogens (tertiary/aromatic N) is 4. The highest BCUT2D eigenvalue weighted by Gasteiger charge is 2.07. The van der Waals surface area contributed by atoms with Gasteiger partial charge in [0.1, 0.15) is 0 Å². The third kappa shape index (κ3) is 2.34. The molecule has 1 N–H and O–H groups in total. The zero-order chi connectivity index (χ0) is 12.4. The predicted octanol–water partition coefficient (Wildman–Crippen LogP) is 2.93. The summed E-state index contributed by atoms with van der Waals surface area (Å²) < 4.78 is 4.28. The Labute approximate surface area is 112 Å². The lowest BCUT2D eigenvalue weighted by atomic mass is 10.2. The minimum Gasteiger partial charge on any atom is -0.251 e. The minimum atomic E-state index is 0.650. The molecule has 1 aromatic carbocycles. The molecule has 0 saturated heterocycles. The van der Waals surface area contributed by atoms with Crippen molar-refractivity contribution in [3.63, 3.8) is 0 Å². The molecule has 0 unspecified atom stereocenters. The van der Waals surface area contributed by atoms with Gasteiger partial charge in [-0.3, -0.25) is 5.43 Å². The molecule has 0 aliphatic heterocycles. The SMILES string of the molecule is Clc1cccc(-c2nsc(Nn3cccn3)n2)c1. The number of nitrogens with one attached hydrogen (secondary N) is 1. The Morgan fingerprint density at radius 2 is 2.22 bits per heavy atom. The molecule has 0 atom stereocenters. The zero-order valence-electron chi connectivity index (χ0n) is 9.12. The Kier molecular flexibility index (Phi) is 2.95. The van der Waals surface area contributed by atoms with E-state index in [1.165, 1.54) is 11.5 Å². The molecule has 18 heavy (non-hydrogen) atoms. The van der Waals surface area contributed by atoms with Gasteiger partial charge < -0.3 is 0 Å². The van der Waals surface area contributed by atoms with E-state index >= 15 is 0 Å². The fourth-order valence-corrected chi connectivity index (χ4v) is 2.22. The maximum atomic E-state index is 5.93. The van der Waals surface area contributed by atoms with E-state index in [1.54, 1.807) is 17.2 Å². The van der Waals surface area contributed by atoms with Crippen molar-refractivity contribution < 1.29 is 0 Å². The first-order valence-corrected chi connectivity index (χ1v) is 6.33. The molecule has 0 aliphatic carbocycles. The van der Waals surface area contributed by atoms with Crippen LogP contribution in [0.25, 0.3) is 11.4 Å². The summed E-state index contributed by atoms with van der Waals surface area (Å²) in [6.45, 7) is 0.